The molecule has 0 aromatic heterocycles. The summed E-state index contributed by atoms with van der Waals surface area (Å²) < 4.78 is 24.6. The van der Waals surface area contributed by atoms with Gasteiger partial charge in [-0.2, -0.15) is 5.26 Å². The Morgan fingerprint density at radius 2 is 1.96 bits per heavy atom. The van der Waals surface area contributed by atoms with Crippen molar-refractivity contribution in [3.63, 3.8) is 0 Å². The third-order valence-corrected chi connectivity index (χ3v) is 3.85. The van der Waals surface area contributed by atoms with Crippen LogP contribution in [0.25, 0.3) is 11.6 Å². The Kier molecular flexibility index (Phi) is 5.78. The van der Waals surface area contributed by atoms with Crippen LogP contribution >= 0.6 is 15.9 Å². The molecule has 23 heavy (non-hydrogen) atoms. The Morgan fingerprint density at radius 3 is 2.52 bits per heavy atom. The highest BCUT2D eigenvalue weighted by molar-refractivity contribution is 9.10. The molecular formula is C18H15BrFNO2. The van der Waals surface area contributed by atoms with Crippen molar-refractivity contribution in [2.24, 2.45) is 0 Å². The van der Waals surface area contributed by atoms with Gasteiger partial charge in [0.2, 0.25) is 0 Å². The molecule has 0 aliphatic carbocycles. The molecule has 3 nitrogen and oxygen atoms in total. The maximum absolute atomic E-state index is 13.0. The molecule has 2 aromatic rings. The average Bonchev–Trinajstić information content (AvgIpc) is 2.55. The molecule has 0 N–H and O–H groups in total. The smallest absolute Gasteiger partial charge is 0.162 e. The number of hydrogen-bond donors (Lipinski definition) is 0. The molecule has 0 aliphatic rings. The van der Waals surface area contributed by atoms with Gasteiger partial charge in [0.25, 0.3) is 0 Å². The molecule has 118 valence electrons. The van der Waals surface area contributed by atoms with Crippen molar-refractivity contribution >= 4 is 27.6 Å². The summed E-state index contributed by atoms with van der Waals surface area (Å²) in [5.74, 6) is 0.868. The summed E-state index contributed by atoms with van der Waals surface area (Å²) in [6, 6.07) is 11.5. The van der Waals surface area contributed by atoms with Gasteiger partial charge >= 0.3 is 0 Å². The minimum atomic E-state index is -0.338. The molecule has 0 saturated heterocycles. The zero-order valence-corrected chi connectivity index (χ0v) is 14.4. The molecule has 2 aromatic carbocycles. The van der Waals surface area contributed by atoms with E-state index in [1.54, 1.807) is 37.5 Å². The topological polar surface area (TPSA) is 42.2 Å². The Balaban J connectivity index is 2.47. The van der Waals surface area contributed by atoms with Crippen molar-refractivity contribution in [1.29, 1.82) is 5.26 Å². The SMILES string of the molecule is CCOc1cc(Br)c(/C=C(\C#N)c2ccc(F)cc2)cc1OC. The number of nitrogens with zero attached hydrogens (tertiary/aromatic N) is 1. The lowest BCUT2D eigenvalue weighted by atomic mass is 10.0. The molecule has 0 saturated carbocycles. The van der Waals surface area contributed by atoms with Crippen molar-refractivity contribution in [3.05, 3.63) is 57.8 Å². The van der Waals surface area contributed by atoms with Gasteiger partial charge in [-0.3, -0.25) is 0 Å². The van der Waals surface area contributed by atoms with E-state index in [1.165, 1.54) is 12.1 Å². The van der Waals surface area contributed by atoms with Crippen LogP contribution in [0.3, 0.4) is 0 Å². The molecule has 5 heteroatoms. The first-order valence-electron chi connectivity index (χ1n) is 6.97. The fourth-order valence-corrected chi connectivity index (χ4v) is 2.49. The molecule has 0 heterocycles. The van der Waals surface area contributed by atoms with Crippen LogP contribution in [-0.4, -0.2) is 13.7 Å². The highest BCUT2D eigenvalue weighted by atomic mass is 79.9. The minimum Gasteiger partial charge on any atom is -0.493 e. The summed E-state index contributed by atoms with van der Waals surface area (Å²) in [6.45, 7) is 2.42. The molecule has 0 bridgehead atoms. The highest BCUT2D eigenvalue weighted by Gasteiger charge is 2.10. The third-order valence-electron chi connectivity index (χ3n) is 3.16. The van der Waals surface area contributed by atoms with Crippen molar-refractivity contribution in [2.75, 3.05) is 13.7 Å². The van der Waals surface area contributed by atoms with Crippen molar-refractivity contribution in [2.45, 2.75) is 6.92 Å². The maximum Gasteiger partial charge on any atom is 0.162 e. The maximum atomic E-state index is 13.0. The first kappa shape index (κ1) is 17.0. The molecule has 0 amide bonds. The highest BCUT2D eigenvalue weighted by Crippen LogP contribution is 2.35. The van der Waals surface area contributed by atoms with Gasteiger partial charge in [0.15, 0.2) is 11.5 Å². The van der Waals surface area contributed by atoms with E-state index in [9.17, 15) is 9.65 Å². The quantitative estimate of drug-likeness (QED) is 0.541. The van der Waals surface area contributed by atoms with Gasteiger partial charge in [0.1, 0.15) is 5.82 Å². The van der Waals surface area contributed by atoms with Gasteiger partial charge in [-0.1, -0.05) is 28.1 Å². The first-order chi connectivity index (χ1) is 11.1. The van der Waals surface area contributed by atoms with Crippen molar-refractivity contribution in [1.82, 2.24) is 0 Å². The predicted octanol–water partition coefficient (Wildman–Crippen LogP) is 5.06. The van der Waals surface area contributed by atoms with E-state index < -0.39 is 0 Å². The molecule has 0 atom stereocenters. The van der Waals surface area contributed by atoms with Crippen LogP contribution in [0.4, 0.5) is 4.39 Å². The molecule has 0 aliphatic heterocycles. The first-order valence-corrected chi connectivity index (χ1v) is 7.76. The van der Waals surface area contributed by atoms with E-state index >= 15 is 0 Å². The van der Waals surface area contributed by atoms with Gasteiger partial charge in [0.05, 0.1) is 25.4 Å². The van der Waals surface area contributed by atoms with Crippen LogP contribution in [0.2, 0.25) is 0 Å². The third kappa shape index (κ3) is 4.11. The van der Waals surface area contributed by atoms with Crippen LogP contribution in [0, 0.1) is 17.1 Å². The second-order valence-corrected chi connectivity index (χ2v) is 5.49. The monoisotopic (exact) mass is 375 g/mol. The number of rotatable bonds is 5. The minimum absolute atomic E-state index is 0.338. The number of hydrogen-bond acceptors (Lipinski definition) is 3. The van der Waals surface area contributed by atoms with Gasteiger partial charge in [-0.25, -0.2) is 4.39 Å². The van der Waals surface area contributed by atoms with Crippen LogP contribution in [0.1, 0.15) is 18.1 Å². The Hall–Kier alpha value is -2.32. The number of nitriles is 1. The van der Waals surface area contributed by atoms with E-state index in [4.69, 9.17) is 9.47 Å². The summed E-state index contributed by atoms with van der Waals surface area (Å²) in [6.07, 6.45) is 1.72. The van der Waals surface area contributed by atoms with E-state index in [0.29, 0.717) is 29.2 Å². The van der Waals surface area contributed by atoms with Crippen LogP contribution in [-0.2, 0) is 0 Å². The lowest BCUT2D eigenvalue weighted by Crippen LogP contribution is -1.96. The summed E-state index contributed by atoms with van der Waals surface area (Å²) in [5.41, 5.74) is 1.84. The van der Waals surface area contributed by atoms with Crippen LogP contribution in [0.5, 0.6) is 11.5 Å². The van der Waals surface area contributed by atoms with Crippen LogP contribution in [0.15, 0.2) is 40.9 Å². The Labute approximate surface area is 143 Å². The number of halogens is 2. The zero-order chi connectivity index (χ0) is 16.8. The summed E-state index contributed by atoms with van der Waals surface area (Å²) in [5, 5.41) is 9.38. The van der Waals surface area contributed by atoms with E-state index in [-0.39, 0.29) is 5.82 Å². The molecule has 2 rings (SSSR count). The predicted molar refractivity (Wildman–Crippen MR) is 91.7 cm³/mol. The van der Waals surface area contributed by atoms with Gasteiger partial charge < -0.3 is 9.47 Å². The summed E-state index contributed by atoms with van der Waals surface area (Å²) in [4.78, 5) is 0. The number of allylic oxidation sites excluding steroid dienone is 1. The summed E-state index contributed by atoms with van der Waals surface area (Å²) in [7, 11) is 1.56. The van der Waals surface area contributed by atoms with Crippen molar-refractivity contribution in [3.8, 4) is 17.6 Å². The van der Waals surface area contributed by atoms with Gasteiger partial charge in [-0.15, -0.1) is 0 Å². The zero-order valence-electron chi connectivity index (χ0n) is 12.8. The molecule has 0 spiro atoms. The van der Waals surface area contributed by atoms with Crippen molar-refractivity contribution < 1.29 is 13.9 Å². The lowest BCUT2D eigenvalue weighted by Gasteiger charge is -2.11. The molecular weight excluding hydrogens is 361 g/mol. The van der Waals surface area contributed by atoms with Gasteiger partial charge in [-0.05, 0) is 48.4 Å². The fraction of sp³-hybridized carbons (Fsp3) is 0.167. The largest absolute Gasteiger partial charge is 0.493 e. The Bertz CT molecular complexity index is 764. The lowest BCUT2D eigenvalue weighted by molar-refractivity contribution is 0.310. The molecule has 0 unspecified atom stereocenters. The second-order valence-electron chi connectivity index (χ2n) is 4.63. The number of methoxy groups -OCH3 is 1. The number of benzene rings is 2. The van der Waals surface area contributed by atoms with E-state index in [2.05, 4.69) is 22.0 Å². The van der Waals surface area contributed by atoms with Gasteiger partial charge in [0, 0.05) is 4.47 Å². The fourth-order valence-electron chi connectivity index (χ4n) is 2.05. The molecule has 0 radical (unpaired) electrons. The van der Waals surface area contributed by atoms with E-state index in [0.717, 1.165) is 10.0 Å². The second kappa shape index (κ2) is 7.80. The summed E-state index contributed by atoms with van der Waals surface area (Å²) >= 11 is 3.47. The normalized spacial score (nSPS) is 11.0. The molecule has 0 fully saturated rings. The van der Waals surface area contributed by atoms with Crippen LogP contribution < -0.4 is 9.47 Å². The average molecular weight is 376 g/mol. The number of ether oxygens (including phenoxy) is 2. The standard InChI is InChI=1S/C18H15BrFNO2/c1-3-23-18-10-16(19)13(9-17(18)22-2)8-14(11-21)12-4-6-15(20)7-5-12/h4-10H,3H2,1-2H3/b14-8+. The van der Waals surface area contributed by atoms with E-state index in [1.807, 2.05) is 6.92 Å². The Morgan fingerprint density at radius 1 is 1.26 bits per heavy atom.